The molecule has 0 aliphatic carbocycles. The summed E-state index contributed by atoms with van der Waals surface area (Å²) in [5.74, 6) is -0.403. The first-order valence-electron chi connectivity index (χ1n) is 8.33. The summed E-state index contributed by atoms with van der Waals surface area (Å²) in [5.41, 5.74) is 0.610. The number of nitrogens with one attached hydrogen (secondary N) is 1. The molecule has 0 spiro atoms. The van der Waals surface area contributed by atoms with Gasteiger partial charge in [-0.3, -0.25) is 9.69 Å². The second-order valence-corrected chi connectivity index (χ2v) is 6.46. The number of nitrogens with zero attached hydrogens (tertiary/aromatic N) is 1. The molecule has 2 saturated heterocycles. The van der Waals surface area contributed by atoms with Gasteiger partial charge in [-0.1, -0.05) is 30.3 Å². The number of amides is 1. The number of carbonyl (C=O) groups excluding carboxylic acids is 2. The molecule has 124 valence electrons. The predicted octanol–water partition coefficient (Wildman–Crippen LogP) is 1.52. The largest absolute Gasteiger partial charge is 0.467 e. The predicted molar refractivity (Wildman–Crippen MR) is 86.9 cm³/mol. The van der Waals surface area contributed by atoms with Crippen LogP contribution >= 0.6 is 0 Å². The van der Waals surface area contributed by atoms with Crippen LogP contribution in [0.1, 0.15) is 31.2 Å². The van der Waals surface area contributed by atoms with Crippen LogP contribution in [0.5, 0.6) is 0 Å². The van der Waals surface area contributed by atoms with Crippen molar-refractivity contribution in [3.63, 3.8) is 0 Å². The Hall–Kier alpha value is -1.88. The van der Waals surface area contributed by atoms with E-state index in [0.717, 1.165) is 44.3 Å². The number of esters is 1. The van der Waals surface area contributed by atoms with Gasteiger partial charge in [0.25, 0.3) is 0 Å². The third-order valence-corrected chi connectivity index (χ3v) is 5.14. The Morgan fingerprint density at radius 1 is 1.22 bits per heavy atom. The molecule has 1 atom stereocenters. The van der Waals surface area contributed by atoms with Gasteiger partial charge in [-0.2, -0.15) is 0 Å². The van der Waals surface area contributed by atoms with Crippen molar-refractivity contribution < 1.29 is 14.3 Å². The summed E-state index contributed by atoms with van der Waals surface area (Å²) >= 11 is 0. The van der Waals surface area contributed by atoms with Crippen LogP contribution in [0.25, 0.3) is 0 Å². The van der Waals surface area contributed by atoms with E-state index in [-0.39, 0.29) is 11.9 Å². The highest BCUT2D eigenvalue weighted by Crippen LogP contribution is 2.39. The van der Waals surface area contributed by atoms with Crippen LogP contribution in [0.3, 0.4) is 0 Å². The van der Waals surface area contributed by atoms with E-state index in [4.69, 9.17) is 4.74 Å². The maximum Gasteiger partial charge on any atom is 0.328 e. The number of hydrogen-bond acceptors (Lipinski definition) is 4. The molecule has 0 bridgehead atoms. The lowest BCUT2D eigenvalue weighted by molar-refractivity contribution is -0.146. The lowest BCUT2D eigenvalue weighted by atomic mass is 9.92. The fraction of sp³-hybridized carbons (Fsp3) is 0.556. The molecule has 2 aliphatic rings. The molecule has 2 fully saturated rings. The summed E-state index contributed by atoms with van der Waals surface area (Å²) in [5, 5.41) is 2.97. The second-order valence-electron chi connectivity index (χ2n) is 6.46. The lowest BCUT2D eigenvalue weighted by Gasteiger charge is -2.32. The summed E-state index contributed by atoms with van der Waals surface area (Å²) in [6.45, 7) is 1.96. The second kappa shape index (κ2) is 6.71. The maximum absolute atomic E-state index is 12.9. The molecule has 1 aromatic carbocycles. The van der Waals surface area contributed by atoms with Crippen LogP contribution in [0.15, 0.2) is 30.3 Å². The number of rotatable bonds is 5. The normalized spacial score (nSPS) is 20.7. The highest BCUT2D eigenvalue weighted by Gasteiger charge is 2.50. The Bertz CT molecular complexity index is 563. The quantitative estimate of drug-likeness (QED) is 0.837. The van der Waals surface area contributed by atoms with Crippen molar-refractivity contribution in [2.75, 3.05) is 20.2 Å². The number of fused-ring (bicyclic) bond motifs is 1. The first-order valence-corrected chi connectivity index (χ1v) is 8.33. The Balaban J connectivity index is 1.73. The molecule has 0 radical (unpaired) electrons. The molecule has 3 rings (SSSR count). The van der Waals surface area contributed by atoms with E-state index in [2.05, 4.69) is 10.2 Å². The van der Waals surface area contributed by atoms with E-state index in [1.165, 1.54) is 7.11 Å². The van der Waals surface area contributed by atoms with Crippen LogP contribution in [0, 0.1) is 0 Å². The van der Waals surface area contributed by atoms with Gasteiger partial charge in [-0.05, 0) is 44.3 Å². The zero-order chi connectivity index (χ0) is 16.3. The first-order chi connectivity index (χ1) is 11.2. The van der Waals surface area contributed by atoms with Gasteiger partial charge in [-0.15, -0.1) is 0 Å². The van der Waals surface area contributed by atoms with Crippen LogP contribution in [0.2, 0.25) is 0 Å². The van der Waals surface area contributed by atoms with Crippen molar-refractivity contribution in [3.05, 3.63) is 35.9 Å². The van der Waals surface area contributed by atoms with Crippen LogP contribution in [0.4, 0.5) is 0 Å². The summed E-state index contributed by atoms with van der Waals surface area (Å²) in [7, 11) is 1.36. The molecule has 1 aromatic rings. The van der Waals surface area contributed by atoms with Gasteiger partial charge in [-0.25, -0.2) is 4.79 Å². The lowest BCUT2D eigenvalue weighted by Crippen LogP contribution is -2.56. The van der Waals surface area contributed by atoms with E-state index in [1.807, 2.05) is 30.3 Å². The molecule has 0 saturated carbocycles. The van der Waals surface area contributed by atoms with Gasteiger partial charge in [0, 0.05) is 6.42 Å². The zero-order valence-corrected chi connectivity index (χ0v) is 13.6. The van der Waals surface area contributed by atoms with Crippen molar-refractivity contribution in [1.29, 1.82) is 0 Å². The number of benzene rings is 1. The van der Waals surface area contributed by atoms with Gasteiger partial charge < -0.3 is 10.1 Å². The molecule has 1 amide bonds. The Kier molecular flexibility index (Phi) is 4.66. The van der Waals surface area contributed by atoms with Crippen molar-refractivity contribution in [1.82, 2.24) is 10.2 Å². The average Bonchev–Trinajstić information content (AvgIpc) is 3.15. The smallest absolute Gasteiger partial charge is 0.328 e. The van der Waals surface area contributed by atoms with Crippen molar-refractivity contribution in [3.8, 4) is 0 Å². The highest BCUT2D eigenvalue weighted by atomic mass is 16.5. The van der Waals surface area contributed by atoms with Gasteiger partial charge in [0.1, 0.15) is 11.6 Å². The molecule has 5 nitrogen and oxygen atoms in total. The number of hydrogen-bond donors (Lipinski definition) is 1. The Morgan fingerprint density at radius 2 is 1.87 bits per heavy atom. The minimum Gasteiger partial charge on any atom is -0.467 e. The molecule has 5 heteroatoms. The fourth-order valence-corrected chi connectivity index (χ4v) is 3.95. The van der Waals surface area contributed by atoms with E-state index in [1.54, 1.807) is 0 Å². The Labute approximate surface area is 137 Å². The maximum atomic E-state index is 12.9. The minimum absolute atomic E-state index is 0.0150. The molecule has 23 heavy (non-hydrogen) atoms. The highest BCUT2D eigenvalue weighted by molar-refractivity contribution is 5.91. The molecule has 2 aliphatic heterocycles. The zero-order valence-electron chi connectivity index (χ0n) is 13.6. The Morgan fingerprint density at radius 3 is 2.48 bits per heavy atom. The van der Waals surface area contributed by atoms with Gasteiger partial charge >= 0.3 is 5.97 Å². The van der Waals surface area contributed by atoms with Crippen LogP contribution in [-0.4, -0.2) is 48.6 Å². The van der Waals surface area contributed by atoms with E-state index >= 15 is 0 Å². The minimum atomic E-state index is -0.632. The molecular formula is C18H24N2O3. The average molecular weight is 316 g/mol. The van der Waals surface area contributed by atoms with Gasteiger partial charge in [0.05, 0.1) is 7.11 Å². The molecule has 2 heterocycles. The SMILES string of the molecule is COC(=O)C(Cc1ccccc1)NC(=O)C12CCCN1CCC2. The number of methoxy groups -OCH3 is 1. The molecule has 1 unspecified atom stereocenters. The summed E-state index contributed by atoms with van der Waals surface area (Å²) in [4.78, 5) is 27.3. The van der Waals surface area contributed by atoms with E-state index in [0.29, 0.717) is 6.42 Å². The summed E-state index contributed by atoms with van der Waals surface area (Å²) in [6, 6.07) is 9.07. The number of carbonyl (C=O) groups is 2. The first kappa shape index (κ1) is 16.0. The number of ether oxygens (including phenoxy) is 1. The van der Waals surface area contributed by atoms with E-state index < -0.39 is 11.6 Å². The van der Waals surface area contributed by atoms with Crippen molar-refractivity contribution in [2.24, 2.45) is 0 Å². The van der Waals surface area contributed by atoms with E-state index in [9.17, 15) is 9.59 Å². The standard InChI is InChI=1S/C18H24N2O3/c1-23-16(21)15(13-14-7-3-2-4-8-14)19-17(22)18-9-5-11-20(18)12-6-10-18/h2-4,7-8,15H,5-6,9-13H2,1H3,(H,19,22). The fourth-order valence-electron chi connectivity index (χ4n) is 3.95. The van der Waals surface area contributed by atoms with Gasteiger partial charge in [0.15, 0.2) is 0 Å². The monoisotopic (exact) mass is 316 g/mol. The summed E-state index contributed by atoms with van der Waals surface area (Å²) < 4.78 is 4.89. The molecular weight excluding hydrogens is 292 g/mol. The van der Waals surface area contributed by atoms with Crippen LogP contribution in [-0.2, 0) is 20.7 Å². The third-order valence-electron chi connectivity index (χ3n) is 5.14. The molecule has 0 aromatic heterocycles. The van der Waals surface area contributed by atoms with Crippen molar-refractivity contribution in [2.45, 2.75) is 43.7 Å². The van der Waals surface area contributed by atoms with Crippen LogP contribution < -0.4 is 5.32 Å². The van der Waals surface area contributed by atoms with Crippen molar-refractivity contribution >= 4 is 11.9 Å². The topological polar surface area (TPSA) is 58.6 Å². The third kappa shape index (κ3) is 3.11. The molecule has 1 N–H and O–H groups in total. The summed E-state index contributed by atoms with van der Waals surface area (Å²) in [6.07, 6.45) is 4.33. The van der Waals surface area contributed by atoms with Gasteiger partial charge in [0.2, 0.25) is 5.91 Å².